The van der Waals surface area contributed by atoms with Gasteiger partial charge in [0.05, 0.1) is 6.26 Å². The molecule has 2 aromatic rings. The van der Waals surface area contributed by atoms with Crippen molar-refractivity contribution in [2.24, 2.45) is 0 Å². The second-order valence-corrected chi connectivity index (χ2v) is 8.57. The number of benzene rings is 2. The molecule has 2 aliphatic rings. The van der Waals surface area contributed by atoms with E-state index in [1.54, 1.807) is 0 Å². The van der Waals surface area contributed by atoms with Crippen molar-refractivity contribution >= 4 is 32.4 Å². The van der Waals surface area contributed by atoms with Gasteiger partial charge in [0.15, 0.2) is 0 Å². The van der Waals surface area contributed by atoms with E-state index >= 15 is 0 Å². The highest BCUT2D eigenvalue weighted by molar-refractivity contribution is 7.88. The molecule has 0 spiro atoms. The van der Waals surface area contributed by atoms with Crippen LogP contribution in [0.1, 0.15) is 24.0 Å². The van der Waals surface area contributed by atoms with Crippen LogP contribution in [0.15, 0.2) is 30.3 Å². The third-order valence-electron chi connectivity index (χ3n) is 5.07. The minimum atomic E-state index is -3.36. The number of amides is 1. The zero-order valence-electron chi connectivity index (χ0n) is 13.6. The Balaban J connectivity index is 1.67. The summed E-state index contributed by atoms with van der Waals surface area (Å²) in [4.78, 5) is 12.7. The summed E-state index contributed by atoms with van der Waals surface area (Å²) in [6, 6.07) is 9.56. The quantitative estimate of drug-likeness (QED) is 0.929. The Bertz CT molecular complexity index is 926. The van der Waals surface area contributed by atoms with Crippen molar-refractivity contribution in [2.75, 3.05) is 18.1 Å². The first-order chi connectivity index (χ1) is 11.4. The van der Waals surface area contributed by atoms with E-state index in [0.717, 1.165) is 36.6 Å². The van der Waals surface area contributed by atoms with Crippen molar-refractivity contribution in [1.82, 2.24) is 4.31 Å². The summed E-state index contributed by atoms with van der Waals surface area (Å²) in [5.41, 5.74) is 3.40. The topological polar surface area (TPSA) is 66.5 Å². The second-order valence-electron chi connectivity index (χ2n) is 6.63. The SMILES string of the molecule is CS(=O)(=O)N1CCCC1C(=O)Nc1ccc2c3c(cccc13)CC2. The highest BCUT2D eigenvalue weighted by Crippen LogP contribution is 2.35. The van der Waals surface area contributed by atoms with Crippen molar-refractivity contribution in [3.8, 4) is 0 Å². The molecule has 1 unspecified atom stereocenters. The van der Waals surface area contributed by atoms with Gasteiger partial charge in [-0.15, -0.1) is 0 Å². The van der Waals surface area contributed by atoms with Gasteiger partial charge in [-0.25, -0.2) is 8.42 Å². The maximum atomic E-state index is 12.7. The number of rotatable bonds is 3. The Morgan fingerprint density at radius 3 is 2.67 bits per heavy atom. The van der Waals surface area contributed by atoms with Crippen LogP contribution in [0.25, 0.3) is 10.8 Å². The number of sulfonamides is 1. The van der Waals surface area contributed by atoms with Gasteiger partial charge in [-0.05, 0) is 48.3 Å². The second kappa shape index (κ2) is 5.57. The number of aryl methyl sites for hydroxylation is 2. The maximum absolute atomic E-state index is 12.7. The molecule has 6 heteroatoms. The van der Waals surface area contributed by atoms with Gasteiger partial charge in [0.2, 0.25) is 15.9 Å². The van der Waals surface area contributed by atoms with E-state index < -0.39 is 16.1 Å². The molecule has 0 saturated carbocycles. The number of carbonyl (C=O) groups excluding carboxylic acids is 1. The van der Waals surface area contributed by atoms with Gasteiger partial charge in [0, 0.05) is 17.6 Å². The van der Waals surface area contributed by atoms with E-state index in [2.05, 4.69) is 17.4 Å². The highest BCUT2D eigenvalue weighted by atomic mass is 32.2. The van der Waals surface area contributed by atoms with E-state index in [1.807, 2.05) is 18.2 Å². The summed E-state index contributed by atoms with van der Waals surface area (Å²) < 4.78 is 25.0. The zero-order chi connectivity index (χ0) is 16.9. The monoisotopic (exact) mass is 344 g/mol. The minimum absolute atomic E-state index is 0.239. The average Bonchev–Trinajstić information content (AvgIpc) is 3.18. The van der Waals surface area contributed by atoms with Crippen molar-refractivity contribution in [3.63, 3.8) is 0 Å². The summed E-state index contributed by atoms with van der Waals surface area (Å²) in [6.45, 7) is 0.417. The molecule has 1 atom stereocenters. The molecular weight excluding hydrogens is 324 g/mol. The molecule has 1 fully saturated rings. The summed E-state index contributed by atoms with van der Waals surface area (Å²) in [7, 11) is -3.36. The number of nitrogens with zero attached hydrogens (tertiary/aromatic N) is 1. The van der Waals surface area contributed by atoms with E-state index in [4.69, 9.17) is 0 Å². The van der Waals surface area contributed by atoms with Gasteiger partial charge in [0.1, 0.15) is 6.04 Å². The fourth-order valence-electron chi connectivity index (χ4n) is 3.97. The largest absolute Gasteiger partial charge is 0.324 e. The van der Waals surface area contributed by atoms with Gasteiger partial charge in [-0.2, -0.15) is 4.31 Å². The molecule has 24 heavy (non-hydrogen) atoms. The van der Waals surface area contributed by atoms with Crippen LogP contribution in [0, 0.1) is 0 Å². The van der Waals surface area contributed by atoms with Crippen LogP contribution in [0.3, 0.4) is 0 Å². The molecule has 4 rings (SSSR count). The van der Waals surface area contributed by atoms with Crippen LogP contribution < -0.4 is 5.32 Å². The zero-order valence-corrected chi connectivity index (χ0v) is 14.4. The Labute approximate surface area is 141 Å². The Morgan fingerprint density at radius 2 is 1.92 bits per heavy atom. The molecule has 1 aliphatic carbocycles. The third kappa shape index (κ3) is 2.50. The summed E-state index contributed by atoms with van der Waals surface area (Å²) in [6.07, 6.45) is 4.52. The van der Waals surface area contributed by atoms with Crippen molar-refractivity contribution in [3.05, 3.63) is 41.5 Å². The number of anilines is 1. The molecular formula is C18H20N2O3S. The van der Waals surface area contributed by atoms with Gasteiger partial charge < -0.3 is 5.32 Å². The predicted octanol–water partition coefficient (Wildman–Crippen LogP) is 2.30. The van der Waals surface area contributed by atoms with Gasteiger partial charge in [-0.3, -0.25) is 4.79 Å². The summed E-state index contributed by atoms with van der Waals surface area (Å²) >= 11 is 0. The van der Waals surface area contributed by atoms with E-state index in [-0.39, 0.29) is 5.91 Å². The predicted molar refractivity (Wildman–Crippen MR) is 94.6 cm³/mol. The molecule has 1 aliphatic heterocycles. The standard InChI is InChI=1S/C18H20N2O3S/c1-24(22,23)20-11-3-6-16(20)18(21)19-15-10-9-13-8-7-12-4-2-5-14(15)17(12)13/h2,4-5,9-10,16H,3,6-8,11H2,1H3,(H,19,21). The minimum Gasteiger partial charge on any atom is -0.324 e. The highest BCUT2D eigenvalue weighted by Gasteiger charge is 2.36. The van der Waals surface area contributed by atoms with E-state index in [9.17, 15) is 13.2 Å². The van der Waals surface area contributed by atoms with Crippen LogP contribution in [0.2, 0.25) is 0 Å². The van der Waals surface area contributed by atoms with Crippen LogP contribution in [0.5, 0.6) is 0 Å². The Hall–Kier alpha value is -1.92. The molecule has 1 amide bonds. The molecule has 1 heterocycles. The van der Waals surface area contributed by atoms with Crippen LogP contribution in [0.4, 0.5) is 5.69 Å². The first-order valence-corrected chi connectivity index (χ1v) is 10.1. The van der Waals surface area contributed by atoms with Crippen molar-refractivity contribution in [1.29, 1.82) is 0 Å². The lowest BCUT2D eigenvalue weighted by Crippen LogP contribution is -2.42. The fraction of sp³-hybridized carbons (Fsp3) is 0.389. The summed E-state index contributed by atoms with van der Waals surface area (Å²) in [5.74, 6) is -0.239. The van der Waals surface area contributed by atoms with Gasteiger partial charge >= 0.3 is 0 Å². The number of carbonyl (C=O) groups is 1. The van der Waals surface area contributed by atoms with Crippen LogP contribution in [-0.4, -0.2) is 37.5 Å². The average molecular weight is 344 g/mol. The van der Waals surface area contributed by atoms with Crippen LogP contribution in [-0.2, 0) is 27.7 Å². The molecule has 0 radical (unpaired) electrons. The first kappa shape index (κ1) is 15.6. The Morgan fingerprint density at radius 1 is 1.17 bits per heavy atom. The smallest absolute Gasteiger partial charge is 0.242 e. The lowest BCUT2D eigenvalue weighted by molar-refractivity contribution is -0.119. The maximum Gasteiger partial charge on any atom is 0.242 e. The molecule has 1 N–H and O–H groups in total. The molecule has 0 bridgehead atoms. The van der Waals surface area contributed by atoms with Crippen molar-refractivity contribution in [2.45, 2.75) is 31.7 Å². The summed E-state index contributed by atoms with van der Waals surface area (Å²) in [5, 5.41) is 5.25. The molecule has 0 aromatic heterocycles. The number of hydrogen-bond donors (Lipinski definition) is 1. The fourth-order valence-corrected chi connectivity index (χ4v) is 5.10. The van der Waals surface area contributed by atoms with Gasteiger partial charge in [0.25, 0.3) is 0 Å². The molecule has 5 nitrogen and oxygen atoms in total. The van der Waals surface area contributed by atoms with Gasteiger partial charge in [-0.1, -0.05) is 24.3 Å². The lowest BCUT2D eigenvalue weighted by atomic mass is 10.0. The van der Waals surface area contributed by atoms with E-state index in [1.165, 1.54) is 20.8 Å². The number of nitrogens with one attached hydrogen (secondary N) is 1. The molecule has 126 valence electrons. The molecule has 2 aromatic carbocycles. The Kier molecular flexibility index (Phi) is 3.62. The number of hydrogen-bond acceptors (Lipinski definition) is 3. The molecule has 1 saturated heterocycles. The first-order valence-electron chi connectivity index (χ1n) is 8.26. The normalized spacial score (nSPS) is 20.6. The third-order valence-corrected chi connectivity index (χ3v) is 6.36. The lowest BCUT2D eigenvalue weighted by Gasteiger charge is -2.21. The van der Waals surface area contributed by atoms with Crippen LogP contribution >= 0.6 is 0 Å². The van der Waals surface area contributed by atoms with E-state index in [0.29, 0.717) is 13.0 Å². The van der Waals surface area contributed by atoms with Crippen molar-refractivity contribution < 1.29 is 13.2 Å².